The Labute approximate surface area is 147 Å². The van der Waals surface area contributed by atoms with Crippen molar-refractivity contribution in [3.8, 4) is 0 Å². The minimum absolute atomic E-state index is 0.189. The first-order valence-corrected chi connectivity index (χ1v) is 8.63. The molecule has 5 nitrogen and oxygen atoms in total. The van der Waals surface area contributed by atoms with E-state index in [1.807, 2.05) is 43.0 Å². The van der Waals surface area contributed by atoms with Crippen molar-refractivity contribution in [3.05, 3.63) is 46.3 Å². The van der Waals surface area contributed by atoms with Crippen molar-refractivity contribution in [2.45, 2.75) is 26.7 Å². The molecule has 1 amide bonds. The fourth-order valence-corrected chi connectivity index (χ4v) is 3.41. The predicted octanol–water partition coefficient (Wildman–Crippen LogP) is 3.23. The van der Waals surface area contributed by atoms with Crippen LogP contribution in [0.4, 0.5) is 5.69 Å². The lowest BCUT2D eigenvalue weighted by molar-refractivity contribution is -0.131. The van der Waals surface area contributed by atoms with Crippen molar-refractivity contribution in [2.24, 2.45) is 0 Å². The van der Waals surface area contributed by atoms with Crippen LogP contribution in [0.5, 0.6) is 0 Å². The number of para-hydroxylation sites is 1. The Balaban J connectivity index is 1.53. The Morgan fingerprint density at radius 2 is 1.92 bits per heavy atom. The van der Waals surface area contributed by atoms with Crippen molar-refractivity contribution in [1.82, 2.24) is 10.1 Å². The van der Waals surface area contributed by atoms with Gasteiger partial charge in [0.25, 0.3) is 0 Å². The zero-order chi connectivity index (χ0) is 17.1. The lowest BCUT2D eigenvalue weighted by atomic mass is 10.1. The second-order valence-corrected chi connectivity index (χ2v) is 6.53. The van der Waals surface area contributed by atoms with Crippen LogP contribution in [-0.2, 0) is 11.2 Å². The molecule has 0 N–H and O–H groups in total. The van der Waals surface area contributed by atoms with E-state index < -0.39 is 0 Å². The van der Waals surface area contributed by atoms with Crippen molar-refractivity contribution >= 4 is 23.2 Å². The molecular weight excluding hydrogens is 326 g/mol. The number of aryl methyl sites for hydroxylation is 2. The molecule has 0 atom stereocenters. The van der Waals surface area contributed by atoms with Gasteiger partial charge in [-0.2, -0.15) is 0 Å². The van der Waals surface area contributed by atoms with E-state index in [1.54, 1.807) is 0 Å². The first-order valence-electron chi connectivity index (χ1n) is 8.25. The van der Waals surface area contributed by atoms with Crippen LogP contribution >= 0.6 is 11.6 Å². The minimum Gasteiger partial charge on any atom is -0.367 e. The Kier molecular flexibility index (Phi) is 5.09. The predicted molar refractivity (Wildman–Crippen MR) is 94.5 cm³/mol. The molecular formula is C18H22ClN3O2. The van der Waals surface area contributed by atoms with E-state index in [2.05, 4.69) is 10.1 Å². The van der Waals surface area contributed by atoms with Gasteiger partial charge in [-0.3, -0.25) is 4.79 Å². The summed E-state index contributed by atoms with van der Waals surface area (Å²) in [7, 11) is 0. The Hall–Kier alpha value is -2.01. The Bertz CT molecular complexity index is 701. The van der Waals surface area contributed by atoms with Gasteiger partial charge in [0.2, 0.25) is 5.91 Å². The van der Waals surface area contributed by atoms with Crippen molar-refractivity contribution in [1.29, 1.82) is 0 Å². The summed E-state index contributed by atoms with van der Waals surface area (Å²) < 4.78 is 5.15. The van der Waals surface area contributed by atoms with Gasteiger partial charge in [0.1, 0.15) is 5.76 Å². The highest BCUT2D eigenvalue weighted by Crippen LogP contribution is 2.26. The number of amides is 1. The molecule has 24 heavy (non-hydrogen) atoms. The molecule has 3 rings (SSSR count). The zero-order valence-electron chi connectivity index (χ0n) is 14.1. The number of halogens is 1. The quantitative estimate of drug-likeness (QED) is 0.852. The number of anilines is 1. The molecule has 2 aromatic rings. The van der Waals surface area contributed by atoms with Gasteiger partial charge in [-0.05, 0) is 32.4 Å². The van der Waals surface area contributed by atoms with E-state index >= 15 is 0 Å². The highest BCUT2D eigenvalue weighted by atomic mass is 35.5. The van der Waals surface area contributed by atoms with E-state index in [-0.39, 0.29) is 5.91 Å². The summed E-state index contributed by atoms with van der Waals surface area (Å²) in [5, 5.41) is 4.70. The number of piperazine rings is 1. The largest absolute Gasteiger partial charge is 0.367 e. The molecule has 1 aliphatic rings. The fourth-order valence-electron chi connectivity index (χ4n) is 3.15. The van der Waals surface area contributed by atoms with Gasteiger partial charge in [-0.1, -0.05) is 28.9 Å². The molecule has 0 saturated carbocycles. The molecule has 0 aliphatic carbocycles. The number of aromatic nitrogens is 1. The van der Waals surface area contributed by atoms with E-state index in [0.717, 1.165) is 53.9 Å². The van der Waals surface area contributed by atoms with Crippen molar-refractivity contribution in [2.75, 3.05) is 31.1 Å². The molecule has 1 aliphatic heterocycles. The topological polar surface area (TPSA) is 49.6 Å². The number of rotatable bonds is 4. The first-order chi connectivity index (χ1) is 11.6. The smallest absolute Gasteiger partial charge is 0.223 e. The summed E-state index contributed by atoms with van der Waals surface area (Å²) in [5.74, 6) is 0.998. The molecule has 0 unspecified atom stereocenters. The molecule has 1 fully saturated rings. The van der Waals surface area contributed by atoms with Gasteiger partial charge in [-0.25, -0.2) is 0 Å². The second-order valence-electron chi connectivity index (χ2n) is 6.12. The lowest BCUT2D eigenvalue weighted by Gasteiger charge is -2.36. The van der Waals surface area contributed by atoms with Crippen LogP contribution < -0.4 is 4.90 Å². The van der Waals surface area contributed by atoms with Crippen LogP contribution in [0.2, 0.25) is 5.02 Å². The first kappa shape index (κ1) is 16.8. The molecule has 0 bridgehead atoms. The van der Waals surface area contributed by atoms with Gasteiger partial charge in [-0.15, -0.1) is 0 Å². The van der Waals surface area contributed by atoms with Crippen molar-refractivity contribution in [3.63, 3.8) is 0 Å². The van der Waals surface area contributed by atoms with Gasteiger partial charge < -0.3 is 14.3 Å². The van der Waals surface area contributed by atoms with Gasteiger partial charge in [0, 0.05) is 38.2 Å². The third kappa shape index (κ3) is 3.56. The van der Waals surface area contributed by atoms with Crippen LogP contribution in [0.25, 0.3) is 0 Å². The monoisotopic (exact) mass is 347 g/mol. The summed E-state index contributed by atoms with van der Waals surface area (Å²) in [6.07, 6.45) is 1.18. The second kappa shape index (κ2) is 7.26. The number of hydrogen-bond acceptors (Lipinski definition) is 4. The van der Waals surface area contributed by atoms with E-state index in [9.17, 15) is 4.79 Å². The average Bonchev–Trinajstić information content (AvgIpc) is 2.91. The molecule has 1 aromatic carbocycles. The molecule has 0 radical (unpaired) electrons. The van der Waals surface area contributed by atoms with Gasteiger partial charge in [0.15, 0.2) is 0 Å². The third-order valence-corrected chi connectivity index (χ3v) is 4.92. The SMILES string of the molecule is Cc1noc(C)c1CCC(=O)N1CCN(c2ccccc2Cl)CC1. The van der Waals surface area contributed by atoms with E-state index in [1.165, 1.54) is 0 Å². The summed E-state index contributed by atoms with van der Waals surface area (Å²) >= 11 is 6.26. The molecule has 128 valence electrons. The highest BCUT2D eigenvalue weighted by Gasteiger charge is 2.22. The number of hydrogen-bond donors (Lipinski definition) is 0. The van der Waals surface area contributed by atoms with Gasteiger partial charge in [0.05, 0.1) is 16.4 Å². The van der Waals surface area contributed by atoms with E-state index in [4.69, 9.17) is 16.1 Å². The van der Waals surface area contributed by atoms with Gasteiger partial charge >= 0.3 is 0 Å². The summed E-state index contributed by atoms with van der Waals surface area (Å²) in [5.41, 5.74) is 2.98. The summed E-state index contributed by atoms with van der Waals surface area (Å²) in [6.45, 7) is 6.87. The molecule has 2 heterocycles. The van der Waals surface area contributed by atoms with Crippen LogP contribution in [0.1, 0.15) is 23.4 Å². The maximum Gasteiger partial charge on any atom is 0.223 e. The number of benzene rings is 1. The molecule has 0 spiro atoms. The maximum atomic E-state index is 12.5. The van der Waals surface area contributed by atoms with E-state index in [0.29, 0.717) is 12.8 Å². The lowest BCUT2D eigenvalue weighted by Crippen LogP contribution is -2.49. The summed E-state index contributed by atoms with van der Waals surface area (Å²) in [4.78, 5) is 16.6. The zero-order valence-corrected chi connectivity index (χ0v) is 14.8. The standard InChI is InChI=1S/C18H22ClN3O2/c1-13-15(14(2)24-20-13)7-8-18(23)22-11-9-21(10-12-22)17-6-4-3-5-16(17)19/h3-6H,7-12H2,1-2H3. The molecule has 6 heteroatoms. The average molecular weight is 348 g/mol. The minimum atomic E-state index is 0.189. The highest BCUT2D eigenvalue weighted by molar-refractivity contribution is 6.33. The Morgan fingerprint density at radius 1 is 1.21 bits per heavy atom. The van der Waals surface area contributed by atoms with Crippen LogP contribution in [0.3, 0.4) is 0 Å². The maximum absolute atomic E-state index is 12.5. The fraction of sp³-hybridized carbons (Fsp3) is 0.444. The summed E-state index contributed by atoms with van der Waals surface area (Å²) in [6, 6.07) is 7.85. The third-order valence-electron chi connectivity index (χ3n) is 4.60. The Morgan fingerprint density at radius 3 is 2.54 bits per heavy atom. The van der Waals surface area contributed by atoms with Crippen LogP contribution in [0.15, 0.2) is 28.8 Å². The number of nitrogens with zero attached hydrogens (tertiary/aromatic N) is 3. The normalized spacial score (nSPS) is 15.0. The van der Waals surface area contributed by atoms with Crippen LogP contribution in [-0.4, -0.2) is 42.1 Å². The number of carbonyl (C=O) groups is 1. The molecule has 1 aromatic heterocycles. The van der Waals surface area contributed by atoms with Crippen LogP contribution in [0, 0.1) is 13.8 Å². The number of carbonyl (C=O) groups excluding carboxylic acids is 1. The van der Waals surface area contributed by atoms with Crippen molar-refractivity contribution < 1.29 is 9.32 Å². The molecule has 1 saturated heterocycles.